The van der Waals surface area contributed by atoms with Gasteiger partial charge in [0.1, 0.15) is 11.6 Å². The number of para-hydroxylation sites is 1. The maximum absolute atomic E-state index is 12.2. The number of imidazole rings is 1. The normalized spacial score (nSPS) is 12.2. The molecule has 0 radical (unpaired) electrons. The van der Waals surface area contributed by atoms with E-state index in [0.717, 1.165) is 83.6 Å². The second kappa shape index (κ2) is 17.4. The minimum atomic E-state index is -0.880. The van der Waals surface area contributed by atoms with Gasteiger partial charge in [0.25, 0.3) is 0 Å². The molecule has 8 rings (SSSR count). The molecule has 6 aromatic carbocycles. The van der Waals surface area contributed by atoms with Crippen molar-refractivity contribution in [3.63, 3.8) is 0 Å². The number of fused-ring (bicyclic) bond motifs is 1. The summed E-state index contributed by atoms with van der Waals surface area (Å²) in [5.74, 6) is 0.321. The standard InChI is InChI=1S/C56H56N3O.Pt/c1-34(2)41-25-43(38-15-12-11-13-16-38)30-47(29-41)59-52-18-14-17-48(53(52)58-55(59)50-32-42(35(3)4)31-49(36(5)6)54(50)60)44-26-45(28-46(27-44)56(8,9)10)51-33-40(23-24-57-51)39-21-19-37(7)20-22-39;/h11-25,27-36,60H,1-10H3;/q-1;/i34D;. The molecule has 0 spiro atoms. The van der Waals surface area contributed by atoms with Crippen LogP contribution in [0.2, 0.25) is 0 Å². The summed E-state index contributed by atoms with van der Waals surface area (Å²) < 4.78 is 11.4. The molecule has 0 fully saturated rings. The van der Waals surface area contributed by atoms with E-state index in [1.165, 1.54) is 5.56 Å². The minimum Gasteiger partial charge on any atom is -0.507 e. The quantitative estimate of drug-likeness (QED) is 0.147. The fraction of sp³-hybridized carbons (Fsp3) is 0.250. The average Bonchev–Trinajstić information content (AvgIpc) is 3.63. The van der Waals surface area contributed by atoms with Crippen LogP contribution in [0.5, 0.6) is 5.75 Å². The van der Waals surface area contributed by atoms with Crippen molar-refractivity contribution in [2.24, 2.45) is 0 Å². The Morgan fingerprint density at radius 2 is 1.36 bits per heavy atom. The third-order valence-corrected chi connectivity index (χ3v) is 11.7. The summed E-state index contributed by atoms with van der Waals surface area (Å²) in [5.41, 5.74) is 16.3. The molecule has 0 bridgehead atoms. The number of phenolic OH excluding ortho intramolecular Hbond substituents is 1. The zero-order valence-electron chi connectivity index (χ0n) is 38.0. The van der Waals surface area contributed by atoms with Crippen LogP contribution < -0.4 is 0 Å². The number of rotatable bonds is 9. The first kappa shape index (κ1) is 42.1. The molecule has 0 aliphatic rings. The van der Waals surface area contributed by atoms with E-state index in [0.29, 0.717) is 11.4 Å². The van der Waals surface area contributed by atoms with Gasteiger partial charge in [-0.25, -0.2) is 4.98 Å². The molecule has 0 aliphatic heterocycles. The molecule has 61 heavy (non-hydrogen) atoms. The first-order chi connectivity index (χ1) is 29.0. The zero-order chi connectivity index (χ0) is 43.4. The van der Waals surface area contributed by atoms with E-state index in [9.17, 15) is 6.48 Å². The maximum Gasteiger partial charge on any atom is 0.148 e. The van der Waals surface area contributed by atoms with E-state index in [4.69, 9.17) is 9.97 Å². The van der Waals surface area contributed by atoms with Crippen molar-refractivity contribution in [1.82, 2.24) is 14.5 Å². The topological polar surface area (TPSA) is 50.9 Å². The Labute approximate surface area is 378 Å². The smallest absolute Gasteiger partial charge is 0.148 e. The number of aromatic hydroxyl groups is 1. The molecule has 1 N–H and O–H groups in total. The van der Waals surface area contributed by atoms with Crippen molar-refractivity contribution in [2.45, 2.75) is 92.4 Å². The van der Waals surface area contributed by atoms with Crippen molar-refractivity contribution in [1.29, 1.82) is 0 Å². The summed E-state index contributed by atoms with van der Waals surface area (Å²) in [5, 5.41) is 12.2. The molecular weight excluding hydrogens is 926 g/mol. The van der Waals surface area contributed by atoms with Gasteiger partial charge in [-0.2, -0.15) is 0 Å². The predicted molar refractivity (Wildman–Crippen MR) is 252 cm³/mol. The van der Waals surface area contributed by atoms with Crippen LogP contribution in [-0.2, 0) is 26.5 Å². The Morgan fingerprint density at radius 1 is 0.656 bits per heavy atom. The van der Waals surface area contributed by atoms with Gasteiger partial charge in [-0.3, -0.25) is 9.55 Å². The second-order valence-electron chi connectivity index (χ2n) is 18.1. The second-order valence-corrected chi connectivity index (χ2v) is 18.1. The number of pyridine rings is 1. The van der Waals surface area contributed by atoms with Gasteiger partial charge in [0, 0.05) is 40.0 Å². The molecule has 5 heteroatoms. The Morgan fingerprint density at radius 3 is 2.03 bits per heavy atom. The number of aryl methyl sites for hydroxylation is 1. The number of hydrogen-bond acceptors (Lipinski definition) is 3. The van der Waals surface area contributed by atoms with Gasteiger partial charge < -0.3 is 5.11 Å². The van der Waals surface area contributed by atoms with Crippen molar-refractivity contribution >= 4 is 11.0 Å². The van der Waals surface area contributed by atoms with Gasteiger partial charge in [0.2, 0.25) is 0 Å². The van der Waals surface area contributed by atoms with Crippen molar-refractivity contribution in [3.05, 3.63) is 167 Å². The van der Waals surface area contributed by atoms with Crippen LogP contribution in [0.15, 0.2) is 134 Å². The summed E-state index contributed by atoms with van der Waals surface area (Å²) in [6.07, 6.45) is 1.88. The Kier molecular flexibility index (Phi) is 12.0. The van der Waals surface area contributed by atoms with Crippen molar-refractivity contribution in [2.75, 3.05) is 0 Å². The van der Waals surface area contributed by atoms with Gasteiger partial charge in [-0.15, -0.1) is 29.3 Å². The summed E-state index contributed by atoms with van der Waals surface area (Å²) in [6.45, 7) is 21.3. The third-order valence-electron chi connectivity index (χ3n) is 11.7. The zero-order valence-corrected chi connectivity index (χ0v) is 39.2. The fourth-order valence-corrected chi connectivity index (χ4v) is 8.00. The van der Waals surface area contributed by atoms with Crippen LogP contribution in [0.25, 0.3) is 72.7 Å². The molecule has 0 aliphatic carbocycles. The van der Waals surface area contributed by atoms with Gasteiger partial charge in [0.05, 0.1) is 16.6 Å². The molecule has 0 atom stereocenters. The Bertz CT molecular complexity index is 2900. The van der Waals surface area contributed by atoms with Crippen LogP contribution in [0.4, 0.5) is 0 Å². The predicted octanol–water partition coefficient (Wildman–Crippen LogP) is 15.2. The number of phenols is 1. The summed E-state index contributed by atoms with van der Waals surface area (Å²) in [4.78, 5) is 10.5. The number of nitrogens with zero attached hydrogens (tertiary/aromatic N) is 3. The summed E-state index contributed by atoms with van der Waals surface area (Å²) in [7, 11) is 0. The van der Waals surface area contributed by atoms with Crippen LogP contribution in [0.1, 0.15) is 109 Å². The van der Waals surface area contributed by atoms with Crippen LogP contribution in [0, 0.1) is 13.0 Å². The minimum absolute atomic E-state index is 0. The van der Waals surface area contributed by atoms with E-state index in [1.807, 2.05) is 38.2 Å². The third kappa shape index (κ3) is 8.79. The number of hydrogen-bond donors (Lipinski definition) is 1. The van der Waals surface area contributed by atoms with Gasteiger partial charge in [-0.05, 0) is 99.3 Å². The Balaban J connectivity index is 0.00000578. The molecule has 0 saturated carbocycles. The van der Waals surface area contributed by atoms with Crippen LogP contribution in [-0.4, -0.2) is 19.6 Å². The van der Waals surface area contributed by atoms with Crippen molar-refractivity contribution < 1.29 is 27.5 Å². The molecule has 4 nitrogen and oxygen atoms in total. The molecule has 312 valence electrons. The monoisotopic (exact) mass is 982 g/mol. The number of benzene rings is 6. The molecule has 2 aromatic heterocycles. The fourth-order valence-electron chi connectivity index (χ4n) is 8.00. The van der Waals surface area contributed by atoms with Gasteiger partial charge in [-0.1, -0.05) is 164 Å². The molecular formula is C56H56N3OPt-. The van der Waals surface area contributed by atoms with E-state index >= 15 is 0 Å². The largest absolute Gasteiger partial charge is 0.507 e. The molecule has 8 aromatic rings. The SMILES string of the molecule is [2H]C(C)(C)c1cc(-c2ccccc2)cc(-n2c(-c3cc(C(C)C)cc(C(C)C)c3O)nc3c(-c4[c-]c(-c5cc(-c6ccc(C)cc6)ccn5)cc(C(C)(C)C)c4)cccc32)c1.[Pt]. The number of aromatic nitrogens is 3. The van der Waals surface area contributed by atoms with Gasteiger partial charge in [0.15, 0.2) is 0 Å². The first-order valence-electron chi connectivity index (χ1n) is 21.7. The van der Waals surface area contributed by atoms with E-state index in [1.54, 1.807) is 0 Å². The molecule has 2 heterocycles. The van der Waals surface area contributed by atoms with E-state index in [2.05, 4.69) is 175 Å². The molecule has 0 saturated heterocycles. The van der Waals surface area contributed by atoms with E-state index in [-0.39, 0.29) is 44.1 Å². The summed E-state index contributed by atoms with van der Waals surface area (Å²) in [6, 6.07) is 48.4. The summed E-state index contributed by atoms with van der Waals surface area (Å²) >= 11 is 0. The van der Waals surface area contributed by atoms with Crippen LogP contribution >= 0.6 is 0 Å². The first-order valence-corrected chi connectivity index (χ1v) is 21.2. The van der Waals surface area contributed by atoms with Gasteiger partial charge >= 0.3 is 0 Å². The molecule has 0 unspecified atom stereocenters. The van der Waals surface area contributed by atoms with Crippen LogP contribution in [0.3, 0.4) is 0 Å². The maximum atomic E-state index is 12.2. The van der Waals surface area contributed by atoms with Crippen molar-refractivity contribution in [3.8, 4) is 67.5 Å². The van der Waals surface area contributed by atoms with E-state index < -0.39 is 5.89 Å². The Hall–Kier alpha value is -5.57. The average molecular weight is 983 g/mol. The molecule has 0 amide bonds.